The quantitative estimate of drug-likeness (QED) is 0.119. The van der Waals surface area contributed by atoms with Gasteiger partial charge in [0.05, 0.1) is 44.1 Å². The van der Waals surface area contributed by atoms with E-state index in [1.807, 2.05) is 6.07 Å². The minimum atomic E-state index is 0.934. The summed E-state index contributed by atoms with van der Waals surface area (Å²) in [5, 5.41) is 20.2. The fourth-order valence-corrected chi connectivity index (χ4v) is 13.1. The summed E-state index contributed by atoms with van der Waals surface area (Å²) in [6.45, 7) is 0. The van der Waals surface area contributed by atoms with Crippen LogP contribution in [-0.4, -0.2) is 13.4 Å². The maximum Gasteiger partial charge on any atom is 0.136 e. The minimum Gasteiger partial charge on any atom is -0.456 e. The fraction of sp³-hybridized carbons (Fsp3) is 0. The van der Waals surface area contributed by atoms with Crippen molar-refractivity contribution in [1.82, 2.24) is 13.4 Å². The molecule has 6 heteroatoms. The van der Waals surface area contributed by atoms with Gasteiger partial charge in [0.2, 0.25) is 0 Å². The molecule has 17 aromatic rings. The van der Waals surface area contributed by atoms with Gasteiger partial charge in [-0.15, -0.1) is 0 Å². The zero-order valence-corrected chi connectivity index (χ0v) is 39.2. The molecule has 0 fully saturated rings. The summed E-state index contributed by atoms with van der Waals surface area (Å²) < 4.78 is 15.9. The molecule has 0 unspecified atom stereocenters. The summed E-state index contributed by atoms with van der Waals surface area (Å²) in [7, 11) is 0. The van der Waals surface area contributed by atoms with Crippen molar-refractivity contribution in [1.29, 1.82) is 0 Å². The summed E-state index contributed by atoms with van der Waals surface area (Å²) in [6, 6.07) is 72.6. The number of hydrogen-bond donors (Lipinski definition) is 0. The third-order valence-electron chi connectivity index (χ3n) is 14.8. The summed E-state index contributed by atoms with van der Waals surface area (Å²) in [5.74, 6) is 0. The molecule has 0 spiro atoms. The fourth-order valence-electron chi connectivity index (χ4n) is 12.2. The van der Waals surface area contributed by atoms with E-state index in [1.165, 1.54) is 136 Å². The van der Waals surface area contributed by atoms with Gasteiger partial charge in [0.15, 0.2) is 0 Å². The summed E-state index contributed by atoms with van der Waals surface area (Å²) in [6.07, 6.45) is 0. The van der Waals surface area contributed by atoms with E-state index >= 15 is 0 Å². The topological polar surface area (TPSA) is 26.9 Å². The molecule has 6 aromatic heterocycles. The van der Waals surface area contributed by atoms with Crippen molar-refractivity contribution in [3.05, 3.63) is 209 Å². The normalized spacial score (nSPS) is 12.6. The molecular formula is C62H33Br2N3O. The number of benzene rings is 11. The SMILES string of the molecule is Brc1cc2c3cccc4cccc(c43)n3c4cc5c6ccccc6n(-c6ccccc6)c5cc4c(c1)c23.Brc1cc2cccc3c2c(c1)c1cc2oc4ccccc4c2c2c4ccccc4n3c12. The minimum absolute atomic E-state index is 0.934. The molecule has 316 valence electrons. The van der Waals surface area contributed by atoms with Gasteiger partial charge in [-0.25, -0.2) is 0 Å². The second-order valence-corrected chi connectivity index (χ2v) is 20.1. The molecule has 0 aliphatic heterocycles. The predicted molar refractivity (Wildman–Crippen MR) is 294 cm³/mol. The Bertz CT molecular complexity index is 4990. The van der Waals surface area contributed by atoms with E-state index in [9.17, 15) is 0 Å². The third kappa shape index (κ3) is 4.78. The molecule has 0 saturated carbocycles. The van der Waals surface area contributed by atoms with E-state index in [0.717, 1.165) is 20.1 Å². The van der Waals surface area contributed by atoms with Gasteiger partial charge in [-0.1, -0.05) is 147 Å². The second kappa shape index (κ2) is 13.4. The molecule has 6 heterocycles. The first-order chi connectivity index (χ1) is 33.6. The van der Waals surface area contributed by atoms with Crippen LogP contribution < -0.4 is 0 Å². The Labute approximate surface area is 403 Å². The molecule has 0 saturated heterocycles. The zero-order chi connectivity index (χ0) is 44.5. The van der Waals surface area contributed by atoms with Gasteiger partial charge in [-0.2, -0.15) is 0 Å². The highest BCUT2D eigenvalue weighted by Crippen LogP contribution is 2.48. The van der Waals surface area contributed by atoms with E-state index in [0.29, 0.717) is 0 Å². The van der Waals surface area contributed by atoms with Crippen molar-refractivity contribution in [3.8, 4) is 5.69 Å². The molecule has 0 bridgehead atoms. The Morgan fingerprint density at radius 1 is 0.294 bits per heavy atom. The molecule has 17 rings (SSSR count). The van der Waals surface area contributed by atoms with Crippen molar-refractivity contribution < 1.29 is 4.42 Å². The highest BCUT2D eigenvalue weighted by Gasteiger charge is 2.24. The first kappa shape index (κ1) is 37.2. The van der Waals surface area contributed by atoms with E-state index in [2.05, 4.69) is 239 Å². The van der Waals surface area contributed by atoms with Crippen molar-refractivity contribution in [3.63, 3.8) is 0 Å². The molecule has 0 atom stereocenters. The molecule has 0 aliphatic carbocycles. The number of halogens is 2. The Kier molecular flexibility index (Phi) is 7.32. The summed E-state index contributed by atoms with van der Waals surface area (Å²) in [4.78, 5) is 0. The maximum absolute atomic E-state index is 6.38. The standard InChI is InChI=1S/C34H19BrN2.C28H14BrNO/c35-21-16-27-24-13-6-8-20-9-7-15-30(33(20)24)37-32-18-25-23-12-4-5-14-29(23)36(22-10-2-1-3-11-22)31(25)19-26(32)28(17-21)34(27)37;29-16-12-15-6-5-10-22-25(15)19(13-16)20-14-24-26(18-8-2-4-11-23(18)31-24)27-17-7-1-3-9-21(17)30(22)28(20)27/h1-19H;1-14H. The van der Waals surface area contributed by atoms with Crippen LogP contribution in [0.2, 0.25) is 0 Å². The number of para-hydroxylation sites is 4. The molecule has 4 nitrogen and oxygen atoms in total. The molecule has 0 N–H and O–H groups in total. The highest BCUT2D eigenvalue weighted by molar-refractivity contribution is 9.10. The average Bonchev–Trinajstić information content (AvgIpc) is 4.11. The van der Waals surface area contributed by atoms with Crippen molar-refractivity contribution in [2.75, 3.05) is 0 Å². The van der Waals surface area contributed by atoms with Gasteiger partial charge in [0.25, 0.3) is 0 Å². The van der Waals surface area contributed by atoms with Crippen LogP contribution in [0.4, 0.5) is 0 Å². The van der Waals surface area contributed by atoms with Crippen LogP contribution in [0, 0.1) is 0 Å². The lowest BCUT2D eigenvalue weighted by molar-refractivity contribution is 0.669. The van der Waals surface area contributed by atoms with Crippen molar-refractivity contribution >= 4 is 173 Å². The Balaban J connectivity index is 0.000000121. The third-order valence-corrected chi connectivity index (χ3v) is 15.7. The van der Waals surface area contributed by atoms with Crippen LogP contribution in [0.25, 0.3) is 147 Å². The predicted octanol–water partition coefficient (Wildman–Crippen LogP) is 18.5. The molecule has 11 aromatic carbocycles. The van der Waals surface area contributed by atoms with Crippen LogP contribution in [0.1, 0.15) is 0 Å². The number of rotatable bonds is 1. The van der Waals surface area contributed by atoms with Gasteiger partial charge >= 0.3 is 0 Å². The number of aromatic nitrogens is 3. The molecule has 68 heavy (non-hydrogen) atoms. The Hall–Kier alpha value is -7.90. The number of nitrogens with zero attached hydrogens (tertiary/aromatic N) is 3. The number of fused-ring (bicyclic) bond motifs is 17. The lowest BCUT2D eigenvalue weighted by Gasteiger charge is -2.13. The van der Waals surface area contributed by atoms with Crippen LogP contribution in [-0.2, 0) is 0 Å². The maximum atomic E-state index is 6.38. The van der Waals surface area contributed by atoms with Crippen molar-refractivity contribution in [2.45, 2.75) is 0 Å². The van der Waals surface area contributed by atoms with Crippen LogP contribution >= 0.6 is 31.9 Å². The van der Waals surface area contributed by atoms with E-state index in [4.69, 9.17) is 4.42 Å². The number of hydrogen-bond acceptors (Lipinski definition) is 1. The summed E-state index contributed by atoms with van der Waals surface area (Å²) >= 11 is 7.59. The van der Waals surface area contributed by atoms with Crippen LogP contribution in [0.15, 0.2) is 214 Å². The molecular weight excluding hydrogens is 963 g/mol. The first-order valence-electron chi connectivity index (χ1n) is 23.0. The van der Waals surface area contributed by atoms with Gasteiger partial charge < -0.3 is 17.8 Å². The van der Waals surface area contributed by atoms with Gasteiger partial charge in [-0.3, -0.25) is 0 Å². The lowest BCUT2D eigenvalue weighted by Crippen LogP contribution is -1.93. The van der Waals surface area contributed by atoms with Crippen LogP contribution in [0.3, 0.4) is 0 Å². The molecule has 0 aliphatic rings. The zero-order valence-electron chi connectivity index (χ0n) is 36.1. The number of furan rings is 1. The Morgan fingerprint density at radius 2 is 0.853 bits per heavy atom. The highest BCUT2D eigenvalue weighted by atomic mass is 79.9. The van der Waals surface area contributed by atoms with Gasteiger partial charge in [0, 0.05) is 79.3 Å². The van der Waals surface area contributed by atoms with E-state index < -0.39 is 0 Å². The van der Waals surface area contributed by atoms with Gasteiger partial charge in [0.1, 0.15) is 11.2 Å². The lowest BCUT2D eigenvalue weighted by atomic mass is 9.97. The molecule has 0 radical (unpaired) electrons. The van der Waals surface area contributed by atoms with Crippen molar-refractivity contribution in [2.24, 2.45) is 0 Å². The van der Waals surface area contributed by atoms with Gasteiger partial charge in [-0.05, 0) is 106 Å². The van der Waals surface area contributed by atoms with E-state index in [-0.39, 0.29) is 0 Å². The average molecular weight is 996 g/mol. The monoisotopic (exact) mass is 993 g/mol. The second-order valence-electron chi connectivity index (χ2n) is 18.2. The first-order valence-corrected chi connectivity index (χ1v) is 24.6. The van der Waals surface area contributed by atoms with Crippen LogP contribution in [0.5, 0.6) is 0 Å². The number of pyridine rings is 2. The van der Waals surface area contributed by atoms with E-state index in [1.54, 1.807) is 0 Å². The largest absolute Gasteiger partial charge is 0.456 e. The summed E-state index contributed by atoms with van der Waals surface area (Å²) in [5.41, 5.74) is 13.1. The Morgan fingerprint density at radius 3 is 1.68 bits per heavy atom. The molecule has 0 amide bonds. The smallest absolute Gasteiger partial charge is 0.136 e.